The number of nitrogens with one attached hydrogen (secondary N) is 2. The van der Waals surface area contributed by atoms with E-state index < -0.39 is 22.6 Å². The summed E-state index contributed by atoms with van der Waals surface area (Å²) in [5, 5.41) is 35.7. The smallest absolute Gasteiger partial charge is 0.265 e. The zero-order valence-corrected chi connectivity index (χ0v) is 17.9. The lowest BCUT2D eigenvalue weighted by atomic mass is 10.0. The molecule has 0 saturated carbocycles. The van der Waals surface area contributed by atoms with Crippen LogP contribution in [0.1, 0.15) is 27.7 Å². The Labute approximate surface area is 187 Å². The SMILES string of the molecule is Cn1c(=O)c(C(=O)CC(Nc2cccc([NH+]([O-])O)c2)c2cccs2)c(O)c2ccccc21. The lowest BCUT2D eigenvalue weighted by Gasteiger charge is -2.20. The first-order valence-corrected chi connectivity index (χ1v) is 10.7. The summed E-state index contributed by atoms with van der Waals surface area (Å²) in [7, 11) is 1.56. The lowest BCUT2D eigenvalue weighted by molar-refractivity contribution is -0.991. The van der Waals surface area contributed by atoms with Gasteiger partial charge in [-0.1, -0.05) is 24.3 Å². The van der Waals surface area contributed by atoms with Gasteiger partial charge in [-0.15, -0.1) is 11.3 Å². The Bertz CT molecular complexity index is 1330. The Morgan fingerprint density at radius 3 is 2.69 bits per heavy atom. The highest BCUT2D eigenvalue weighted by atomic mass is 32.1. The van der Waals surface area contributed by atoms with E-state index in [9.17, 15) is 25.1 Å². The minimum Gasteiger partial charge on any atom is -0.595 e. The summed E-state index contributed by atoms with van der Waals surface area (Å²) in [5.74, 6) is -0.833. The van der Waals surface area contributed by atoms with Gasteiger partial charge in [-0.05, 0) is 29.6 Å². The van der Waals surface area contributed by atoms with Crippen LogP contribution >= 0.6 is 11.3 Å². The molecule has 0 amide bonds. The predicted molar refractivity (Wildman–Crippen MR) is 123 cm³/mol. The van der Waals surface area contributed by atoms with Gasteiger partial charge in [0.15, 0.2) is 11.5 Å². The number of aryl methyl sites for hydroxylation is 1. The van der Waals surface area contributed by atoms with E-state index in [1.165, 1.54) is 28.0 Å². The Morgan fingerprint density at radius 1 is 1.19 bits per heavy atom. The topological polar surface area (TPSA) is 119 Å². The molecule has 0 saturated heterocycles. The molecule has 2 unspecified atom stereocenters. The third kappa shape index (κ3) is 4.14. The zero-order chi connectivity index (χ0) is 22.8. The molecular formula is C23H21N3O5S. The molecule has 0 bridgehead atoms. The Morgan fingerprint density at radius 2 is 1.97 bits per heavy atom. The van der Waals surface area contributed by atoms with Crippen LogP contribution in [0.3, 0.4) is 0 Å². The molecule has 32 heavy (non-hydrogen) atoms. The number of benzene rings is 2. The van der Waals surface area contributed by atoms with Crippen LogP contribution in [-0.2, 0) is 7.05 Å². The van der Waals surface area contributed by atoms with E-state index in [-0.39, 0.29) is 23.4 Å². The molecule has 0 aliphatic heterocycles. The van der Waals surface area contributed by atoms with Crippen molar-refractivity contribution in [3.05, 3.63) is 92.0 Å². The highest BCUT2D eigenvalue weighted by Gasteiger charge is 2.25. The molecule has 2 aromatic carbocycles. The molecule has 2 heterocycles. The fourth-order valence-electron chi connectivity index (χ4n) is 3.67. The molecule has 2 atom stereocenters. The summed E-state index contributed by atoms with van der Waals surface area (Å²) in [6, 6.07) is 16.3. The second-order valence-corrected chi connectivity index (χ2v) is 8.31. The number of para-hydroxylation sites is 1. The maximum atomic E-state index is 13.3. The first-order valence-electron chi connectivity index (χ1n) is 9.84. The van der Waals surface area contributed by atoms with E-state index in [0.29, 0.717) is 16.6 Å². The van der Waals surface area contributed by atoms with Gasteiger partial charge in [0.1, 0.15) is 11.3 Å². The highest BCUT2D eigenvalue weighted by Crippen LogP contribution is 2.31. The number of hydrogen-bond acceptors (Lipinski definition) is 7. The number of anilines is 1. The molecule has 0 radical (unpaired) electrons. The third-order valence-electron chi connectivity index (χ3n) is 5.28. The molecule has 4 aromatic rings. The van der Waals surface area contributed by atoms with Crippen LogP contribution in [0.2, 0.25) is 0 Å². The maximum Gasteiger partial charge on any atom is 0.265 e. The average molecular weight is 452 g/mol. The fourth-order valence-corrected chi connectivity index (χ4v) is 4.45. The quantitative estimate of drug-likeness (QED) is 0.253. The van der Waals surface area contributed by atoms with E-state index in [0.717, 1.165) is 4.88 Å². The van der Waals surface area contributed by atoms with Gasteiger partial charge in [0.05, 0.1) is 11.6 Å². The van der Waals surface area contributed by atoms with Crippen LogP contribution in [-0.4, -0.2) is 20.7 Å². The average Bonchev–Trinajstić information content (AvgIpc) is 3.32. The number of nitrogens with zero attached hydrogens (tertiary/aromatic N) is 1. The Balaban J connectivity index is 1.70. The molecule has 2 aromatic heterocycles. The molecule has 4 N–H and O–H groups in total. The van der Waals surface area contributed by atoms with E-state index in [2.05, 4.69) is 5.32 Å². The summed E-state index contributed by atoms with van der Waals surface area (Å²) in [6.45, 7) is 0. The van der Waals surface area contributed by atoms with Gasteiger partial charge in [-0.3, -0.25) is 9.59 Å². The van der Waals surface area contributed by atoms with E-state index in [1.54, 1.807) is 43.4 Å². The summed E-state index contributed by atoms with van der Waals surface area (Å²) in [5.41, 5.74) is 0.363. The number of rotatable bonds is 7. The second-order valence-electron chi connectivity index (χ2n) is 7.33. The molecule has 0 aliphatic rings. The van der Waals surface area contributed by atoms with Crippen molar-refractivity contribution in [2.75, 3.05) is 5.32 Å². The van der Waals surface area contributed by atoms with Crippen molar-refractivity contribution in [2.24, 2.45) is 7.05 Å². The summed E-state index contributed by atoms with van der Waals surface area (Å²) in [4.78, 5) is 27.0. The third-order valence-corrected chi connectivity index (χ3v) is 6.27. The predicted octanol–water partition coefficient (Wildman–Crippen LogP) is 3.14. The van der Waals surface area contributed by atoms with Crippen molar-refractivity contribution in [1.29, 1.82) is 0 Å². The van der Waals surface area contributed by atoms with Gasteiger partial charge in [0.25, 0.3) is 5.56 Å². The number of ketones is 1. The van der Waals surface area contributed by atoms with Crippen LogP contribution < -0.4 is 16.1 Å². The molecule has 0 fully saturated rings. The first-order chi connectivity index (χ1) is 15.4. The maximum absolute atomic E-state index is 13.3. The summed E-state index contributed by atoms with van der Waals surface area (Å²) >= 11 is 1.44. The van der Waals surface area contributed by atoms with Gasteiger partial charge in [0.2, 0.25) is 0 Å². The van der Waals surface area contributed by atoms with Gasteiger partial charge >= 0.3 is 0 Å². The minimum atomic E-state index is -1.05. The van der Waals surface area contributed by atoms with Crippen LogP contribution in [0.15, 0.2) is 70.8 Å². The van der Waals surface area contributed by atoms with E-state index in [4.69, 9.17) is 0 Å². The molecule has 0 spiro atoms. The molecule has 9 heteroatoms. The lowest BCUT2D eigenvalue weighted by Crippen LogP contribution is -2.99. The van der Waals surface area contributed by atoms with Gasteiger partial charge in [0, 0.05) is 41.6 Å². The standard InChI is InChI=1S/C23H21N3O5S/c1-25-18-9-3-2-8-16(18)22(28)21(23(25)29)19(27)13-17(20-10-5-11-32-20)24-14-6-4-7-15(12-14)26(30)31/h2-12,17,24,26,28,30H,13H2,1H3. The minimum absolute atomic E-state index is 0.0983. The molecule has 4 rings (SSSR count). The number of aromatic nitrogens is 1. The number of hydrogen-bond donors (Lipinski definition) is 4. The van der Waals surface area contributed by atoms with Gasteiger partial charge < -0.3 is 20.2 Å². The van der Waals surface area contributed by atoms with Crippen molar-refractivity contribution in [2.45, 2.75) is 12.5 Å². The highest BCUT2D eigenvalue weighted by molar-refractivity contribution is 7.10. The number of thiophene rings is 1. The number of aromatic hydroxyl groups is 1. The van der Waals surface area contributed by atoms with Crippen molar-refractivity contribution in [3.8, 4) is 5.75 Å². The molecular weight excluding hydrogens is 430 g/mol. The Hall–Kier alpha value is -3.50. The summed E-state index contributed by atoms with van der Waals surface area (Å²) in [6.07, 6.45) is -0.0983. The number of carbonyl (C=O) groups is 1. The largest absolute Gasteiger partial charge is 0.595 e. The van der Waals surface area contributed by atoms with Crippen LogP contribution in [0, 0.1) is 5.21 Å². The number of carbonyl (C=O) groups excluding carboxylic acids is 1. The van der Waals surface area contributed by atoms with Crippen molar-refractivity contribution in [3.63, 3.8) is 0 Å². The van der Waals surface area contributed by atoms with E-state index in [1.807, 2.05) is 17.5 Å². The van der Waals surface area contributed by atoms with Gasteiger partial charge in [-0.2, -0.15) is 5.23 Å². The van der Waals surface area contributed by atoms with Crippen LogP contribution in [0.4, 0.5) is 11.4 Å². The van der Waals surface area contributed by atoms with Crippen molar-refractivity contribution in [1.82, 2.24) is 4.57 Å². The van der Waals surface area contributed by atoms with Crippen molar-refractivity contribution >= 4 is 39.4 Å². The molecule has 164 valence electrons. The number of Topliss-reactive ketones (excluding diaryl/α,β-unsaturated/α-hetero) is 1. The molecule has 8 nitrogen and oxygen atoms in total. The number of pyridine rings is 1. The van der Waals surface area contributed by atoms with Crippen LogP contribution in [0.25, 0.3) is 10.9 Å². The second kappa shape index (κ2) is 8.93. The number of quaternary nitrogens is 1. The Kier molecular flexibility index (Phi) is 6.06. The fraction of sp³-hybridized carbons (Fsp3) is 0.130. The first kappa shape index (κ1) is 21.7. The monoisotopic (exact) mass is 451 g/mol. The normalized spacial score (nSPS) is 13.1. The van der Waals surface area contributed by atoms with Crippen molar-refractivity contribution < 1.29 is 20.3 Å². The zero-order valence-electron chi connectivity index (χ0n) is 17.1. The van der Waals surface area contributed by atoms with Crippen LogP contribution in [0.5, 0.6) is 5.75 Å². The summed E-state index contributed by atoms with van der Waals surface area (Å²) < 4.78 is 1.35. The van der Waals surface area contributed by atoms with Gasteiger partial charge in [-0.25, -0.2) is 5.21 Å². The molecule has 0 aliphatic carbocycles. The number of fused-ring (bicyclic) bond motifs is 1. The van der Waals surface area contributed by atoms with E-state index >= 15 is 0 Å².